The third kappa shape index (κ3) is 4.35. The molecule has 0 radical (unpaired) electrons. The van der Waals surface area contributed by atoms with Crippen LogP contribution in [-0.4, -0.2) is 40.9 Å². The van der Waals surface area contributed by atoms with Gasteiger partial charge < -0.3 is 15.0 Å². The number of carbonyl (C=O) groups is 2. The summed E-state index contributed by atoms with van der Waals surface area (Å²) in [5, 5.41) is 2.69. The number of pyridine rings is 1. The molecule has 2 heterocycles. The average Bonchev–Trinajstić information content (AvgIpc) is 3.03. The van der Waals surface area contributed by atoms with E-state index in [-0.39, 0.29) is 17.9 Å². The molecule has 3 rings (SSSR count). The number of hydrogen-bond acceptors (Lipinski definition) is 4. The van der Waals surface area contributed by atoms with Gasteiger partial charge in [0.15, 0.2) is 0 Å². The van der Waals surface area contributed by atoms with Gasteiger partial charge in [-0.25, -0.2) is 4.98 Å². The van der Waals surface area contributed by atoms with E-state index in [0.29, 0.717) is 30.2 Å². The fourth-order valence-electron chi connectivity index (χ4n) is 2.85. The Morgan fingerprint density at radius 1 is 1.20 bits per heavy atom. The van der Waals surface area contributed by atoms with Gasteiger partial charge in [-0.15, -0.1) is 0 Å². The van der Waals surface area contributed by atoms with E-state index < -0.39 is 0 Å². The zero-order valence-corrected chi connectivity index (χ0v) is 14.4. The van der Waals surface area contributed by atoms with Crippen molar-refractivity contribution in [1.29, 1.82) is 0 Å². The predicted octanol–water partition coefficient (Wildman–Crippen LogP) is 2.64. The molecule has 1 unspecified atom stereocenters. The number of anilines is 1. The minimum atomic E-state index is -0.136. The van der Waals surface area contributed by atoms with Gasteiger partial charge in [-0.05, 0) is 37.3 Å². The van der Waals surface area contributed by atoms with E-state index in [1.165, 1.54) is 6.92 Å². The van der Waals surface area contributed by atoms with E-state index in [9.17, 15) is 9.59 Å². The maximum Gasteiger partial charge on any atom is 0.253 e. The van der Waals surface area contributed by atoms with Gasteiger partial charge in [0.1, 0.15) is 6.10 Å². The molecule has 0 saturated carbocycles. The highest BCUT2D eigenvalue weighted by Gasteiger charge is 2.28. The van der Waals surface area contributed by atoms with Crippen molar-refractivity contribution >= 4 is 17.5 Å². The number of aromatic nitrogens is 1. The Kier molecular flexibility index (Phi) is 4.97. The molecular weight excluding hydrogens is 318 g/mol. The predicted molar refractivity (Wildman–Crippen MR) is 94.7 cm³/mol. The standard InChI is InChI=1S/C19H21N3O3/c1-13-4-3-5-18(20-13)25-17-10-11-22(12-17)19(24)15-6-8-16(9-7-15)21-14(2)23/h3-9,17H,10-12H2,1-2H3,(H,21,23). The molecule has 130 valence electrons. The third-order valence-corrected chi connectivity index (χ3v) is 4.03. The van der Waals surface area contributed by atoms with Gasteiger partial charge in [-0.3, -0.25) is 9.59 Å². The second-order valence-electron chi connectivity index (χ2n) is 6.16. The molecule has 0 bridgehead atoms. The SMILES string of the molecule is CC(=O)Nc1ccc(C(=O)N2CCC(Oc3cccc(C)n3)C2)cc1. The monoisotopic (exact) mass is 339 g/mol. The first kappa shape index (κ1) is 17.0. The molecule has 6 nitrogen and oxygen atoms in total. The summed E-state index contributed by atoms with van der Waals surface area (Å²) < 4.78 is 5.88. The molecule has 1 aromatic carbocycles. The summed E-state index contributed by atoms with van der Waals surface area (Å²) in [6, 6.07) is 12.6. The molecule has 0 aliphatic carbocycles. The molecule has 1 N–H and O–H groups in total. The fraction of sp³-hybridized carbons (Fsp3) is 0.316. The number of benzene rings is 1. The Balaban J connectivity index is 1.59. The summed E-state index contributed by atoms with van der Waals surface area (Å²) in [4.78, 5) is 29.8. The van der Waals surface area contributed by atoms with Gasteiger partial charge in [0.05, 0.1) is 6.54 Å². The lowest BCUT2D eigenvalue weighted by Gasteiger charge is -2.17. The summed E-state index contributed by atoms with van der Waals surface area (Å²) in [5.74, 6) is 0.431. The second-order valence-corrected chi connectivity index (χ2v) is 6.16. The number of hydrogen-bond donors (Lipinski definition) is 1. The Hall–Kier alpha value is -2.89. The lowest BCUT2D eigenvalue weighted by atomic mass is 10.2. The van der Waals surface area contributed by atoms with Crippen molar-refractivity contribution in [2.24, 2.45) is 0 Å². The van der Waals surface area contributed by atoms with Gasteiger partial charge in [-0.2, -0.15) is 0 Å². The van der Waals surface area contributed by atoms with Crippen LogP contribution in [0.15, 0.2) is 42.5 Å². The van der Waals surface area contributed by atoms with Gasteiger partial charge in [0.25, 0.3) is 5.91 Å². The number of aryl methyl sites for hydroxylation is 1. The number of likely N-dealkylation sites (tertiary alicyclic amines) is 1. The highest BCUT2D eigenvalue weighted by molar-refractivity contribution is 5.95. The zero-order valence-electron chi connectivity index (χ0n) is 14.4. The van der Waals surface area contributed by atoms with Crippen LogP contribution in [0.1, 0.15) is 29.4 Å². The molecule has 1 saturated heterocycles. The van der Waals surface area contributed by atoms with Crippen LogP contribution in [0, 0.1) is 6.92 Å². The van der Waals surface area contributed by atoms with Crippen LogP contribution in [-0.2, 0) is 4.79 Å². The van der Waals surface area contributed by atoms with Crippen molar-refractivity contribution < 1.29 is 14.3 Å². The van der Waals surface area contributed by atoms with Crippen LogP contribution in [0.25, 0.3) is 0 Å². The molecule has 1 aliphatic rings. The van der Waals surface area contributed by atoms with Gasteiger partial charge in [0.2, 0.25) is 11.8 Å². The first-order chi connectivity index (χ1) is 12.0. The number of carbonyl (C=O) groups excluding carboxylic acids is 2. The maximum absolute atomic E-state index is 12.6. The minimum absolute atomic E-state index is 0.0299. The molecule has 0 spiro atoms. The van der Waals surface area contributed by atoms with E-state index in [2.05, 4.69) is 10.3 Å². The quantitative estimate of drug-likeness (QED) is 0.929. The highest BCUT2D eigenvalue weighted by atomic mass is 16.5. The normalized spacial score (nSPS) is 16.6. The van der Waals surface area contributed by atoms with Crippen LogP contribution >= 0.6 is 0 Å². The summed E-state index contributed by atoms with van der Waals surface area (Å²) in [7, 11) is 0. The number of ether oxygens (including phenoxy) is 1. The molecule has 6 heteroatoms. The number of nitrogens with zero attached hydrogens (tertiary/aromatic N) is 2. The number of rotatable bonds is 4. The highest BCUT2D eigenvalue weighted by Crippen LogP contribution is 2.19. The van der Waals surface area contributed by atoms with Crippen molar-refractivity contribution in [2.75, 3.05) is 18.4 Å². The van der Waals surface area contributed by atoms with E-state index in [1.807, 2.05) is 25.1 Å². The van der Waals surface area contributed by atoms with Gasteiger partial charge >= 0.3 is 0 Å². The Labute approximate surface area is 146 Å². The fourth-order valence-corrected chi connectivity index (χ4v) is 2.85. The molecule has 2 amide bonds. The average molecular weight is 339 g/mol. The molecule has 1 fully saturated rings. The van der Waals surface area contributed by atoms with E-state index in [1.54, 1.807) is 29.2 Å². The molecule has 1 atom stereocenters. The molecule has 1 aromatic heterocycles. The van der Waals surface area contributed by atoms with Crippen molar-refractivity contribution in [3.8, 4) is 5.88 Å². The van der Waals surface area contributed by atoms with E-state index in [0.717, 1.165) is 12.1 Å². The van der Waals surface area contributed by atoms with Gasteiger partial charge in [0, 0.05) is 42.9 Å². The lowest BCUT2D eigenvalue weighted by molar-refractivity contribution is -0.114. The Morgan fingerprint density at radius 2 is 1.96 bits per heavy atom. The van der Waals surface area contributed by atoms with E-state index >= 15 is 0 Å². The summed E-state index contributed by atoms with van der Waals surface area (Å²) >= 11 is 0. The van der Waals surface area contributed by atoms with Crippen molar-refractivity contribution in [2.45, 2.75) is 26.4 Å². The van der Waals surface area contributed by atoms with Crippen LogP contribution in [0.3, 0.4) is 0 Å². The third-order valence-electron chi connectivity index (χ3n) is 4.03. The smallest absolute Gasteiger partial charge is 0.253 e. The summed E-state index contributed by atoms with van der Waals surface area (Å²) in [6.45, 7) is 4.57. The first-order valence-corrected chi connectivity index (χ1v) is 8.28. The topological polar surface area (TPSA) is 71.5 Å². The molecule has 2 aromatic rings. The van der Waals surface area contributed by atoms with Crippen LogP contribution < -0.4 is 10.1 Å². The number of nitrogens with one attached hydrogen (secondary N) is 1. The van der Waals surface area contributed by atoms with E-state index in [4.69, 9.17) is 4.74 Å². The van der Waals surface area contributed by atoms with Crippen LogP contribution in [0.2, 0.25) is 0 Å². The van der Waals surface area contributed by atoms with Crippen LogP contribution in [0.5, 0.6) is 5.88 Å². The Morgan fingerprint density at radius 3 is 2.64 bits per heavy atom. The summed E-state index contributed by atoms with van der Waals surface area (Å²) in [6.07, 6.45) is 0.739. The lowest BCUT2D eigenvalue weighted by Crippen LogP contribution is -2.31. The molecule has 1 aliphatic heterocycles. The molecular formula is C19H21N3O3. The van der Waals surface area contributed by atoms with Gasteiger partial charge in [-0.1, -0.05) is 6.07 Å². The Bertz CT molecular complexity index is 774. The second kappa shape index (κ2) is 7.34. The van der Waals surface area contributed by atoms with Crippen molar-refractivity contribution in [3.63, 3.8) is 0 Å². The van der Waals surface area contributed by atoms with Crippen LogP contribution in [0.4, 0.5) is 5.69 Å². The largest absolute Gasteiger partial charge is 0.472 e. The van der Waals surface area contributed by atoms with Crippen molar-refractivity contribution in [3.05, 3.63) is 53.7 Å². The summed E-state index contributed by atoms with van der Waals surface area (Å²) in [5.41, 5.74) is 2.18. The number of amides is 2. The molecule has 25 heavy (non-hydrogen) atoms. The zero-order chi connectivity index (χ0) is 17.8. The minimum Gasteiger partial charge on any atom is -0.472 e. The van der Waals surface area contributed by atoms with Crippen molar-refractivity contribution in [1.82, 2.24) is 9.88 Å². The maximum atomic E-state index is 12.6. The first-order valence-electron chi connectivity index (χ1n) is 8.28.